The van der Waals surface area contributed by atoms with E-state index in [1.807, 2.05) is 0 Å². The van der Waals surface area contributed by atoms with Crippen LogP contribution in [0, 0.1) is 10.8 Å². The summed E-state index contributed by atoms with van der Waals surface area (Å²) < 4.78 is 6.57. The van der Waals surface area contributed by atoms with Crippen molar-refractivity contribution in [2.75, 3.05) is 20.1 Å². The average Bonchev–Trinajstić information content (AvgIpc) is 2.40. The number of amides is 1. The van der Waals surface area contributed by atoms with Crippen LogP contribution < -0.4 is 5.32 Å². The van der Waals surface area contributed by atoms with Gasteiger partial charge in [-0.05, 0) is 56.7 Å². The molecule has 0 aromatic carbocycles. The Kier molecular flexibility index (Phi) is 5.23. The van der Waals surface area contributed by atoms with E-state index in [2.05, 4.69) is 45.0 Å². The van der Waals surface area contributed by atoms with Gasteiger partial charge in [0, 0.05) is 13.0 Å². The second-order valence-corrected chi connectivity index (χ2v) is 8.81. The first-order valence-electron chi connectivity index (χ1n) is 8.71. The third-order valence-electron chi connectivity index (χ3n) is 5.61. The van der Waals surface area contributed by atoms with Crippen molar-refractivity contribution in [3.05, 3.63) is 0 Å². The van der Waals surface area contributed by atoms with Gasteiger partial charge in [-0.15, -0.1) is 0 Å². The Balaban J connectivity index is 2.13. The van der Waals surface area contributed by atoms with Gasteiger partial charge in [0.25, 0.3) is 0 Å². The maximum atomic E-state index is 11.5. The number of hydrogen-bond acceptors (Lipinski definition) is 3. The highest BCUT2D eigenvalue weighted by Crippen LogP contribution is 2.43. The SMILES string of the molecule is CC(=O)N[C@H]1C[C@@H](C2(C)CCN(C)CC2)O[C@@H](C(C)(C)C)C1. The molecule has 2 rings (SSSR count). The summed E-state index contributed by atoms with van der Waals surface area (Å²) in [5, 5.41) is 3.15. The van der Waals surface area contributed by atoms with E-state index >= 15 is 0 Å². The largest absolute Gasteiger partial charge is 0.374 e. The lowest BCUT2D eigenvalue weighted by Crippen LogP contribution is -2.54. The quantitative estimate of drug-likeness (QED) is 0.853. The van der Waals surface area contributed by atoms with Crippen molar-refractivity contribution < 1.29 is 9.53 Å². The van der Waals surface area contributed by atoms with E-state index in [0.29, 0.717) is 0 Å². The third kappa shape index (κ3) is 4.23. The lowest BCUT2D eigenvalue weighted by Gasteiger charge is -2.50. The monoisotopic (exact) mass is 310 g/mol. The molecular weight excluding hydrogens is 276 g/mol. The third-order valence-corrected chi connectivity index (χ3v) is 5.61. The summed E-state index contributed by atoms with van der Waals surface area (Å²) >= 11 is 0. The summed E-state index contributed by atoms with van der Waals surface area (Å²) in [6, 6.07) is 0.247. The molecule has 0 aliphatic carbocycles. The van der Waals surface area contributed by atoms with Crippen LogP contribution in [0.1, 0.15) is 60.3 Å². The van der Waals surface area contributed by atoms with Crippen LogP contribution >= 0.6 is 0 Å². The van der Waals surface area contributed by atoms with Crippen LogP contribution in [-0.2, 0) is 9.53 Å². The van der Waals surface area contributed by atoms with Gasteiger partial charge < -0.3 is 15.0 Å². The normalized spacial score (nSPS) is 33.5. The van der Waals surface area contributed by atoms with Gasteiger partial charge in [0.15, 0.2) is 0 Å². The molecule has 2 heterocycles. The minimum Gasteiger partial charge on any atom is -0.374 e. The summed E-state index contributed by atoms with van der Waals surface area (Å²) in [6.07, 6.45) is 4.69. The van der Waals surface area contributed by atoms with E-state index in [-0.39, 0.29) is 35.0 Å². The molecule has 3 atom stereocenters. The van der Waals surface area contributed by atoms with Crippen LogP contribution in [0.5, 0.6) is 0 Å². The highest BCUT2D eigenvalue weighted by molar-refractivity contribution is 5.73. The molecule has 0 radical (unpaired) electrons. The number of piperidine rings is 1. The van der Waals surface area contributed by atoms with Crippen molar-refractivity contribution in [3.8, 4) is 0 Å². The molecule has 0 aromatic heterocycles. The Morgan fingerprint density at radius 1 is 1.23 bits per heavy atom. The van der Waals surface area contributed by atoms with Crippen molar-refractivity contribution in [2.24, 2.45) is 10.8 Å². The van der Waals surface area contributed by atoms with Crippen molar-refractivity contribution in [1.29, 1.82) is 0 Å². The van der Waals surface area contributed by atoms with Gasteiger partial charge in [-0.3, -0.25) is 4.79 Å². The standard InChI is InChI=1S/C18H34N2O2/c1-13(21)19-14-11-15(17(2,3)4)22-16(12-14)18(5)7-9-20(6)10-8-18/h14-16H,7-12H2,1-6H3,(H,19,21)/t14-,15-,16+/m1/s1. The van der Waals surface area contributed by atoms with E-state index in [1.54, 1.807) is 6.92 Å². The molecule has 0 aromatic rings. The molecule has 0 unspecified atom stereocenters. The smallest absolute Gasteiger partial charge is 0.217 e. The first-order valence-corrected chi connectivity index (χ1v) is 8.71. The lowest BCUT2D eigenvalue weighted by molar-refractivity contribution is -0.162. The van der Waals surface area contributed by atoms with Crippen molar-refractivity contribution in [2.45, 2.75) is 78.6 Å². The Morgan fingerprint density at radius 3 is 2.32 bits per heavy atom. The summed E-state index contributed by atoms with van der Waals surface area (Å²) in [5.74, 6) is 0.0758. The maximum Gasteiger partial charge on any atom is 0.217 e. The molecule has 0 saturated carbocycles. The van der Waals surface area contributed by atoms with E-state index in [9.17, 15) is 4.79 Å². The molecule has 128 valence electrons. The molecule has 2 aliphatic heterocycles. The fourth-order valence-corrected chi connectivity index (χ4v) is 3.79. The van der Waals surface area contributed by atoms with Crippen molar-refractivity contribution in [1.82, 2.24) is 10.2 Å². The van der Waals surface area contributed by atoms with E-state index in [4.69, 9.17) is 4.74 Å². The first kappa shape index (κ1) is 17.7. The molecule has 1 amide bonds. The lowest BCUT2D eigenvalue weighted by atomic mass is 9.71. The minimum atomic E-state index is 0.0758. The van der Waals surface area contributed by atoms with Crippen LogP contribution in [-0.4, -0.2) is 49.2 Å². The summed E-state index contributed by atoms with van der Waals surface area (Å²) in [4.78, 5) is 13.9. The number of nitrogens with zero attached hydrogens (tertiary/aromatic N) is 1. The predicted octanol–water partition coefficient (Wildman–Crippen LogP) is 2.82. The van der Waals surface area contributed by atoms with Gasteiger partial charge in [0.1, 0.15) is 0 Å². The molecule has 1 N–H and O–H groups in total. The first-order chi connectivity index (χ1) is 10.1. The Labute approximate surface area is 136 Å². The van der Waals surface area contributed by atoms with Crippen LogP contribution in [0.15, 0.2) is 0 Å². The number of rotatable bonds is 2. The van der Waals surface area contributed by atoms with Crippen molar-refractivity contribution in [3.63, 3.8) is 0 Å². The van der Waals surface area contributed by atoms with Gasteiger partial charge in [0.2, 0.25) is 5.91 Å². The number of likely N-dealkylation sites (tertiary alicyclic amines) is 1. The second kappa shape index (κ2) is 6.48. The zero-order chi connectivity index (χ0) is 16.5. The Hall–Kier alpha value is -0.610. The molecular formula is C18H34N2O2. The van der Waals surface area contributed by atoms with Gasteiger partial charge in [-0.1, -0.05) is 27.7 Å². The van der Waals surface area contributed by atoms with E-state index < -0.39 is 0 Å². The molecule has 22 heavy (non-hydrogen) atoms. The van der Waals surface area contributed by atoms with E-state index in [0.717, 1.165) is 25.9 Å². The van der Waals surface area contributed by atoms with Crippen LogP contribution in [0.3, 0.4) is 0 Å². The number of ether oxygens (including phenoxy) is 1. The summed E-state index contributed by atoms with van der Waals surface area (Å²) in [7, 11) is 2.19. The van der Waals surface area contributed by atoms with Gasteiger partial charge in [-0.25, -0.2) is 0 Å². The number of carbonyl (C=O) groups is 1. The minimum absolute atomic E-state index is 0.0758. The van der Waals surface area contributed by atoms with Crippen LogP contribution in [0.4, 0.5) is 0 Å². The molecule has 2 aliphatic rings. The Bertz CT molecular complexity index is 394. The van der Waals surface area contributed by atoms with Gasteiger partial charge in [0.05, 0.1) is 12.2 Å². The van der Waals surface area contributed by atoms with Crippen LogP contribution in [0.25, 0.3) is 0 Å². The Morgan fingerprint density at radius 2 is 1.82 bits per heavy atom. The zero-order valence-electron chi connectivity index (χ0n) is 15.2. The molecule has 4 nitrogen and oxygen atoms in total. The molecule has 0 spiro atoms. The second-order valence-electron chi connectivity index (χ2n) is 8.81. The van der Waals surface area contributed by atoms with Gasteiger partial charge >= 0.3 is 0 Å². The summed E-state index contributed by atoms with van der Waals surface area (Å²) in [6.45, 7) is 13.0. The molecule has 4 heteroatoms. The number of hydrogen-bond donors (Lipinski definition) is 1. The maximum absolute atomic E-state index is 11.5. The van der Waals surface area contributed by atoms with Crippen molar-refractivity contribution >= 4 is 5.91 Å². The van der Waals surface area contributed by atoms with Gasteiger partial charge in [-0.2, -0.15) is 0 Å². The highest BCUT2D eigenvalue weighted by atomic mass is 16.5. The van der Waals surface area contributed by atoms with Crippen LogP contribution in [0.2, 0.25) is 0 Å². The fraction of sp³-hybridized carbons (Fsp3) is 0.944. The summed E-state index contributed by atoms with van der Waals surface area (Å²) in [5.41, 5.74) is 0.338. The molecule has 2 fully saturated rings. The molecule has 2 saturated heterocycles. The number of nitrogens with one attached hydrogen (secondary N) is 1. The number of carbonyl (C=O) groups excluding carboxylic acids is 1. The average molecular weight is 310 g/mol. The highest BCUT2D eigenvalue weighted by Gasteiger charge is 2.45. The zero-order valence-corrected chi connectivity index (χ0v) is 15.2. The fourth-order valence-electron chi connectivity index (χ4n) is 3.79. The van der Waals surface area contributed by atoms with E-state index in [1.165, 1.54) is 12.8 Å². The topological polar surface area (TPSA) is 41.6 Å². The predicted molar refractivity (Wildman–Crippen MR) is 89.8 cm³/mol. The molecule has 0 bridgehead atoms.